The van der Waals surface area contributed by atoms with Crippen molar-refractivity contribution in [3.63, 3.8) is 0 Å². The highest BCUT2D eigenvalue weighted by molar-refractivity contribution is 5.94. The summed E-state index contributed by atoms with van der Waals surface area (Å²) in [5.74, 6) is 0.145. The topological polar surface area (TPSA) is 83.1 Å². The van der Waals surface area contributed by atoms with Gasteiger partial charge in [-0.25, -0.2) is 14.4 Å². The Balaban J connectivity index is 1.34. The molecule has 0 fully saturated rings. The minimum atomic E-state index is -0.344. The molecule has 0 atom stereocenters. The van der Waals surface area contributed by atoms with E-state index >= 15 is 0 Å². The summed E-state index contributed by atoms with van der Waals surface area (Å²) in [5.41, 5.74) is 6.16. The molecule has 1 amide bonds. The van der Waals surface area contributed by atoms with E-state index in [1.165, 1.54) is 36.5 Å². The fourth-order valence-electron chi connectivity index (χ4n) is 4.45. The first-order chi connectivity index (χ1) is 17.0. The number of aromatic amines is 1. The molecule has 3 heterocycles. The molecule has 0 aliphatic carbocycles. The van der Waals surface area contributed by atoms with Gasteiger partial charge in [0.15, 0.2) is 0 Å². The summed E-state index contributed by atoms with van der Waals surface area (Å²) < 4.78 is 19.4. The lowest BCUT2D eigenvalue weighted by molar-refractivity contribution is -0.114. The average molecular weight is 472 g/mol. The van der Waals surface area contributed by atoms with Crippen LogP contribution in [0.1, 0.15) is 24.6 Å². The second-order valence-electron chi connectivity index (χ2n) is 8.60. The Morgan fingerprint density at radius 2 is 2.00 bits per heavy atom. The Hall–Kier alpha value is -4.04. The Bertz CT molecular complexity index is 1410. The minimum absolute atomic E-state index is 0.0726. The van der Waals surface area contributed by atoms with E-state index in [1.54, 1.807) is 13.2 Å². The van der Waals surface area contributed by atoms with E-state index in [2.05, 4.69) is 31.2 Å². The third-order valence-electron chi connectivity index (χ3n) is 6.16. The smallest absolute Gasteiger partial charge is 0.221 e. The van der Waals surface area contributed by atoms with Crippen molar-refractivity contribution in [1.82, 2.24) is 19.9 Å². The van der Waals surface area contributed by atoms with Crippen molar-refractivity contribution in [2.75, 3.05) is 25.5 Å². The van der Waals surface area contributed by atoms with Gasteiger partial charge in [-0.2, -0.15) is 0 Å². The summed E-state index contributed by atoms with van der Waals surface area (Å²) in [7, 11) is 1.56. The molecule has 0 radical (unpaired) electrons. The predicted octanol–water partition coefficient (Wildman–Crippen LogP) is 5.02. The van der Waals surface area contributed by atoms with Gasteiger partial charge in [0.2, 0.25) is 5.91 Å². The Morgan fingerprint density at radius 3 is 2.71 bits per heavy atom. The van der Waals surface area contributed by atoms with Gasteiger partial charge < -0.3 is 15.0 Å². The van der Waals surface area contributed by atoms with E-state index in [9.17, 15) is 9.18 Å². The molecule has 7 nitrogen and oxygen atoms in total. The molecule has 0 saturated heterocycles. The molecule has 35 heavy (non-hydrogen) atoms. The van der Waals surface area contributed by atoms with Crippen molar-refractivity contribution >= 4 is 28.2 Å². The molecule has 0 saturated carbocycles. The van der Waals surface area contributed by atoms with Crippen molar-refractivity contribution in [3.05, 3.63) is 78.0 Å². The van der Waals surface area contributed by atoms with Crippen molar-refractivity contribution in [1.29, 1.82) is 0 Å². The number of hydrogen-bond donors (Lipinski definition) is 2. The molecule has 0 unspecified atom stereocenters. The standard InChI is InChI=1S/C27H26FN5O2/c1-17(34)31-21-6-3-18(4-7-21)15-33-11-9-19(10-12-33)24-14-23-26(29-16-30-27(23)32-24)22-13-20(28)5-8-25(22)35-2/h3-9,13-14,16H,10-12,15H2,1-2H3,(H,31,34)(H,29,30,32). The summed E-state index contributed by atoms with van der Waals surface area (Å²) in [6, 6.07) is 14.4. The number of aromatic nitrogens is 3. The van der Waals surface area contributed by atoms with Crippen LogP contribution in [0.25, 0.3) is 27.9 Å². The van der Waals surface area contributed by atoms with Crippen LogP contribution in [0.3, 0.4) is 0 Å². The molecule has 2 aromatic carbocycles. The van der Waals surface area contributed by atoms with Gasteiger partial charge in [-0.1, -0.05) is 18.2 Å². The highest BCUT2D eigenvalue weighted by Crippen LogP contribution is 2.35. The predicted molar refractivity (Wildman–Crippen MR) is 134 cm³/mol. The van der Waals surface area contributed by atoms with Gasteiger partial charge >= 0.3 is 0 Å². The zero-order chi connectivity index (χ0) is 24.4. The van der Waals surface area contributed by atoms with Crippen molar-refractivity contribution in [3.8, 4) is 17.0 Å². The first-order valence-corrected chi connectivity index (χ1v) is 11.5. The number of ether oxygens (including phenoxy) is 1. The van der Waals surface area contributed by atoms with Gasteiger partial charge in [0.05, 0.1) is 12.8 Å². The molecule has 1 aliphatic rings. The number of halogens is 1. The van der Waals surface area contributed by atoms with Crippen LogP contribution in [0.4, 0.5) is 10.1 Å². The van der Waals surface area contributed by atoms with Crippen LogP contribution in [0.5, 0.6) is 5.75 Å². The van der Waals surface area contributed by atoms with Gasteiger partial charge in [0, 0.05) is 48.9 Å². The van der Waals surface area contributed by atoms with E-state index in [-0.39, 0.29) is 11.7 Å². The van der Waals surface area contributed by atoms with Gasteiger partial charge in [-0.3, -0.25) is 9.69 Å². The number of carbonyl (C=O) groups is 1. The number of amides is 1. The lowest BCUT2D eigenvalue weighted by Crippen LogP contribution is -2.28. The zero-order valence-electron chi connectivity index (χ0n) is 19.6. The van der Waals surface area contributed by atoms with Crippen LogP contribution < -0.4 is 10.1 Å². The lowest BCUT2D eigenvalue weighted by Gasteiger charge is -2.26. The SMILES string of the molecule is COc1ccc(F)cc1-c1ncnc2[nH]c(C3=CCN(Cc4ccc(NC(C)=O)cc4)CC3)cc12. The molecular weight excluding hydrogens is 445 g/mol. The highest BCUT2D eigenvalue weighted by atomic mass is 19.1. The number of rotatable bonds is 6. The summed E-state index contributed by atoms with van der Waals surface area (Å²) in [4.78, 5) is 25.8. The molecule has 2 aromatic heterocycles. The Labute approximate surface area is 202 Å². The van der Waals surface area contributed by atoms with Gasteiger partial charge in [0.1, 0.15) is 23.5 Å². The molecule has 2 N–H and O–H groups in total. The summed E-state index contributed by atoms with van der Waals surface area (Å²) in [5, 5.41) is 3.62. The number of hydrogen-bond acceptors (Lipinski definition) is 5. The molecule has 0 bridgehead atoms. The van der Waals surface area contributed by atoms with E-state index in [1.807, 2.05) is 30.3 Å². The monoisotopic (exact) mass is 471 g/mol. The minimum Gasteiger partial charge on any atom is -0.496 e. The number of H-pyrrole nitrogens is 1. The molecule has 0 spiro atoms. The van der Waals surface area contributed by atoms with Crippen molar-refractivity contribution in [2.24, 2.45) is 0 Å². The van der Waals surface area contributed by atoms with Crippen molar-refractivity contribution < 1.29 is 13.9 Å². The second-order valence-corrected chi connectivity index (χ2v) is 8.60. The fraction of sp³-hybridized carbons (Fsp3) is 0.222. The third-order valence-corrected chi connectivity index (χ3v) is 6.16. The molecular formula is C27H26FN5O2. The normalized spacial score (nSPS) is 14.1. The maximum atomic E-state index is 14.0. The average Bonchev–Trinajstić information content (AvgIpc) is 3.30. The fourth-order valence-corrected chi connectivity index (χ4v) is 4.45. The number of benzene rings is 2. The number of methoxy groups -OCH3 is 1. The quantitative estimate of drug-likeness (QED) is 0.413. The summed E-state index contributed by atoms with van der Waals surface area (Å²) in [6.45, 7) is 4.09. The maximum absolute atomic E-state index is 14.0. The molecule has 4 aromatic rings. The second kappa shape index (κ2) is 9.68. The number of anilines is 1. The molecule has 8 heteroatoms. The third kappa shape index (κ3) is 4.93. The van der Waals surface area contributed by atoms with Gasteiger partial charge in [-0.15, -0.1) is 0 Å². The largest absolute Gasteiger partial charge is 0.496 e. The van der Waals surface area contributed by atoms with Crippen LogP contribution in [0, 0.1) is 5.82 Å². The van der Waals surface area contributed by atoms with E-state index < -0.39 is 0 Å². The maximum Gasteiger partial charge on any atom is 0.221 e. The molecule has 178 valence electrons. The van der Waals surface area contributed by atoms with Crippen molar-refractivity contribution in [2.45, 2.75) is 19.9 Å². The summed E-state index contributed by atoms with van der Waals surface area (Å²) in [6.07, 6.45) is 4.61. The number of fused-ring (bicyclic) bond motifs is 1. The number of carbonyl (C=O) groups excluding carboxylic acids is 1. The van der Waals surface area contributed by atoms with E-state index in [0.717, 1.165) is 42.8 Å². The van der Waals surface area contributed by atoms with Crippen LogP contribution >= 0.6 is 0 Å². The molecule has 1 aliphatic heterocycles. The van der Waals surface area contributed by atoms with Crippen LogP contribution in [-0.2, 0) is 11.3 Å². The first kappa shape index (κ1) is 22.7. The first-order valence-electron chi connectivity index (χ1n) is 11.5. The van der Waals surface area contributed by atoms with Crippen LogP contribution in [0.15, 0.2) is 60.9 Å². The summed E-state index contributed by atoms with van der Waals surface area (Å²) >= 11 is 0. The Kier molecular flexibility index (Phi) is 6.29. The number of nitrogens with zero attached hydrogens (tertiary/aromatic N) is 3. The zero-order valence-corrected chi connectivity index (χ0v) is 19.6. The van der Waals surface area contributed by atoms with E-state index in [0.29, 0.717) is 22.7 Å². The number of nitrogens with one attached hydrogen (secondary N) is 2. The van der Waals surface area contributed by atoms with Crippen LogP contribution in [-0.4, -0.2) is 46.0 Å². The van der Waals surface area contributed by atoms with Crippen LogP contribution in [0.2, 0.25) is 0 Å². The van der Waals surface area contributed by atoms with Gasteiger partial charge in [-0.05, 0) is 54.0 Å². The highest BCUT2D eigenvalue weighted by Gasteiger charge is 2.18. The lowest BCUT2D eigenvalue weighted by atomic mass is 10.0. The Morgan fingerprint density at radius 1 is 1.17 bits per heavy atom. The molecule has 5 rings (SSSR count). The van der Waals surface area contributed by atoms with Gasteiger partial charge in [0.25, 0.3) is 0 Å². The van der Waals surface area contributed by atoms with E-state index in [4.69, 9.17) is 4.74 Å².